The Labute approximate surface area is 113 Å². The van der Waals surface area contributed by atoms with Crippen LogP contribution in [0.2, 0.25) is 0 Å². The summed E-state index contributed by atoms with van der Waals surface area (Å²) in [4.78, 5) is 8.22. The SMILES string of the molecule is COc1ncnc(OC)c1CNC1(C)CCCOC1. The summed E-state index contributed by atoms with van der Waals surface area (Å²) in [5.41, 5.74) is 0.809. The van der Waals surface area contributed by atoms with Crippen molar-refractivity contribution in [3.8, 4) is 11.8 Å². The van der Waals surface area contributed by atoms with Gasteiger partial charge in [-0.15, -0.1) is 0 Å². The molecule has 0 amide bonds. The van der Waals surface area contributed by atoms with Gasteiger partial charge in [-0.2, -0.15) is 0 Å². The molecule has 0 saturated carbocycles. The number of hydrogen-bond donors (Lipinski definition) is 1. The average Bonchev–Trinajstić information content (AvgIpc) is 2.45. The molecule has 1 aliphatic rings. The summed E-state index contributed by atoms with van der Waals surface area (Å²) in [5.74, 6) is 1.08. The molecule has 1 aliphatic heterocycles. The highest BCUT2D eigenvalue weighted by molar-refractivity contribution is 5.34. The van der Waals surface area contributed by atoms with Gasteiger partial charge in [-0.25, -0.2) is 9.97 Å². The van der Waals surface area contributed by atoms with Gasteiger partial charge in [0, 0.05) is 18.7 Å². The molecule has 2 heterocycles. The van der Waals surface area contributed by atoms with Crippen molar-refractivity contribution >= 4 is 0 Å². The molecule has 6 nitrogen and oxygen atoms in total. The molecule has 106 valence electrons. The fourth-order valence-corrected chi connectivity index (χ4v) is 2.26. The first kappa shape index (κ1) is 14.0. The summed E-state index contributed by atoms with van der Waals surface area (Å²) in [6.45, 7) is 4.31. The van der Waals surface area contributed by atoms with Crippen molar-refractivity contribution < 1.29 is 14.2 Å². The minimum absolute atomic E-state index is 0.0237. The van der Waals surface area contributed by atoms with E-state index in [1.807, 2.05) is 0 Å². The molecular formula is C13H21N3O3. The van der Waals surface area contributed by atoms with Crippen LogP contribution in [0.4, 0.5) is 0 Å². The van der Waals surface area contributed by atoms with Gasteiger partial charge in [0.1, 0.15) is 6.33 Å². The normalized spacial score (nSPS) is 23.1. The molecule has 6 heteroatoms. The first-order valence-electron chi connectivity index (χ1n) is 6.43. The lowest BCUT2D eigenvalue weighted by Gasteiger charge is -2.34. The maximum atomic E-state index is 5.53. The molecule has 1 unspecified atom stereocenters. The third-order valence-electron chi connectivity index (χ3n) is 3.38. The fourth-order valence-electron chi connectivity index (χ4n) is 2.26. The number of ether oxygens (including phenoxy) is 3. The molecule has 1 aromatic rings. The molecule has 0 bridgehead atoms. The zero-order valence-corrected chi connectivity index (χ0v) is 11.7. The second-order valence-electron chi connectivity index (χ2n) is 4.94. The van der Waals surface area contributed by atoms with Crippen LogP contribution >= 0.6 is 0 Å². The van der Waals surface area contributed by atoms with Crippen molar-refractivity contribution in [1.82, 2.24) is 15.3 Å². The smallest absolute Gasteiger partial charge is 0.224 e. The second kappa shape index (κ2) is 6.16. The highest BCUT2D eigenvalue weighted by Crippen LogP contribution is 2.25. The van der Waals surface area contributed by atoms with Crippen molar-refractivity contribution in [2.24, 2.45) is 0 Å². The lowest BCUT2D eigenvalue weighted by atomic mass is 9.94. The molecule has 0 aromatic carbocycles. The van der Waals surface area contributed by atoms with Crippen LogP contribution in [0.3, 0.4) is 0 Å². The Balaban J connectivity index is 2.09. The molecule has 2 rings (SSSR count). The van der Waals surface area contributed by atoms with Gasteiger partial charge in [0.25, 0.3) is 0 Å². The summed E-state index contributed by atoms with van der Waals surface area (Å²) < 4.78 is 16.0. The minimum atomic E-state index is -0.0237. The largest absolute Gasteiger partial charge is 0.481 e. The zero-order chi connectivity index (χ0) is 13.7. The second-order valence-corrected chi connectivity index (χ2v) is 4.94. The summed E-state index contributed by atoms with van der Waals surface area (Å²) >= 11 is 0. The van der Waals surface area contributed by atoms with E-state index in [2.05, 4.69) is 22.2 Å². The zero-order valence-electron chi connectivity index (χ0n) is 11.7. The van der Waals surface area contributed by atoms with Crippen molar-refractivity contribution in [2.75, 3.05) is 27.4 Å². The molecule has 0 radical (unpaired) electrons. The Morgan fingerprint density at radius 1 is 1.32 bits per heavy atom. The highest BCUT2D eigenvalue weighted by Gasteiger charge is 2.28. The first-order valence-corrected chi connectivity index (χ1v) is 6.43. The van der Waals surface area contributed by atoms with E-state index in [0.717, 1.165) is 25.0 Å². The molecule has 1 saturated heterocycles. The third kappa shape index (κ3) is 3.33. The summed E-state index contributed by atoms with van der Waals surface area (Å²) in [6.07, 6.45) is 3.60. The minimum Gasteiger partial charge on any atom is -0.481 e. The molecule has 0 aliphatic carbocycles. The summed E-state index contributed by atoms with van der Waals surface area (Å²) in [5, 5.41) is 3.50. The number of nitrogens with one attached hydrogen (secondary N) is 1. The number of methoxy groups -OCH3 is 2. The maximum Gasteiger partial charge on any atom is 0.224 e. The van der Waals surface area contributed by atoms with E-state index in [1.165, 1.54) is 6.33 Å². The maximum absolute atomic E-state index is 5.53. The van der Waals surface area contributed by atoms with Gasteiger partial charge in [0.15, 0.2) is 0 Å². The number of hydrogen-bond acceptors (Lipinski definition) is 6. The van der Waals surface area contributed by atoms with Crippen LogP contribution in [-0.4, -0.2) is 42.9 Å². The van der Waals surface area contributed by atoms with Crippen LogP contribution in [0.15, 0.2) is 6.33 Å². The van der Waals surface area contributed by atoms with Gasteiger partial charge in [0.2, 0.25) is 11.8 Å². The van der Waals surface area contributed by atoms with Crippen LogP contribution in [0.5, 0.6) is 11.8 Å². The Morgan fingerprint density at radius 2 is 2.00 bits per heavy atom. The van der Waals surface area contributed by atoms with E-state index in [0.29, 0.717) is 24.9 Å². The lowest BCUT2D eigenvalue weighted by molar-refractivity contribution is 0.0276. The average molecular weight is 267 g/mol. The van der Waals surface area contributed by atoms with Gasteiger partial charge in [-0.1, -0.05) is 0 Å². The van der Waals surface area contributed by atoms with Crippen LogP contribution < -0.4 is 14.8 Å². The molecular weight excluding hydrogens is 246 g/mol. The van der Waals surface area contributed by atoms with Crippen molar-refractivity contribution in [1.29, 1.82) is 0 Å². The van der Waals surface area contributed by atoms with Gasteiger partial charge in [-0.05, 0) is 19.8 Å². The number of rotatable bonds is 5. The lowest BCUT2D eigenvalue weighted by Crippen LogP contribution is -2.48. The Bertz CT molecular complexity index is 397. The van der Waals surface area contributed by atoms with Crippen LogP contribution in [0.25, 0.3) is 0 Å². The molecule has 1 N–H and O–H groups in total. The standard InChI is InChI=1S/C13H21N3O3/c1-13(5-4-6-19-8-13)16-7-10-11(17-2)14-9-15-12(10)18-3/h9,16H,4-8H2,1-3H3. The molecule has 0 spiro atoms. The monoisotopic (exact) mass is 267 g/mol. The predicted molar refractivity (Wildman–Crippen MR) is 70.4 cm³/mol. The van der Waals surface area contributed by atoms with E-state index in [9.17, 15) is 0 Å². The van der Waals surface area contributed by atoms with Gasteiger partial charge >= 0.3 is 0 Å². The van der Waals surface area contributed by atoms with Gasteiger partial charge < -0.3 is 19.5 Å². The van der Waals surface area contributed by atoms with E-state index >= 15 is 0 Å². The summed E-state index contributed by atoms with van der Waals surface area (Å²) in [6, 6.07) is 0. The Morgan fingerprint density at radius 3 is 2.53 bits per heavy atom. The van der Waals surface area contributed by atoms with Gasteiger partial charge in [-0.3, -0.25) is 0 Å². The van der Waals surface area contributed by atoms with Crippen LogP contribution in [0, 0.1) is 0 Å². The molecule has 1 fully saturated rings. The van der Waals surface area contributed by atoms with E-state index in [4.69, 9.17) is 14.2 Å². The van der Waals surface area contributed by atoms with E-state index in [-0.39, 0.29) is 5.54 Å². The van der Waals surface area contributed by atoms with Crippen molar-refractivity contribution in [3.63, 3.8) is 0 Å². The van der Waals surface area contributed by atoms with E-state index in [1.54, 1.807) is 14.2 Å². The summed E-state index contributed by atoms with van der Waals surface area (Å²) in [7, 11) is 3.19. The Kier molecular flexibility index (Phi) is 4.55. The quantitative estimate of drug-likeness (QED) is 0.863. The van der Waals surface area contributed by atoms with Gasteiger partial charge in [0.05, 0.1) is 26.4 Å². The molecule has 1 atom stereocenters. The van der Waals surface area contributed by atoms with Crippen molar-refractivity contribution in [3.05, 3.63) is 11.9 Å². The fraction of sp³-hybridized carbons (Fsp3) is 0.692. The predicted octanol–water partition coefficient (Wildman–Crippen LogP) is 1.15. The van der Waals surface area contributed by atoms with Crippen molar-refractivity contribution in [2.45, 2.75) is 31.8 Å². The van der Waals surface area contributed by atoms with E-state index < -0.39 is 0 Å². The topological polar surface area (TPSA) is 65.5 Å². The molecule has 19 heavy (non-hydrogen) atoms. The Hall–Kier alpha value is -1.40. The van der Waals surface area contributed by atoms with Crippen LogP contribution in [-0.2, 0) is 11.3 Å². The third-order valence-corrected chi connectivity index (χ3v) is 3.38. The molecule has 1 aromatic heterocycles. The number of aromatic nitrogens is 2. The first-order chi connectivity index (χ1) is 9.18. The highest BCUT2D eigenvalue weighted by atomic mass is 16.5. The van der Waals surface area contributed by atoms with Crippen LogP contribution in [0.1, 0.15) is 25.3 Å². The number of nitrogens with zero attached hydrogens (tertiary/aromatic N) is 2.